The minimum absolute atomic E-state index is 0.288. The maximum Gasteiger partial charge on any atom is 0.231 e. The average molecular weight is 493 g/mol. The molecule has 0 radical (unpaired) electrons. The van der Waals surface area contributed by atoms with E-state index in [4.69, 9.17) is 14.5 Å². The quantitative estimate of drug-likeness (QED) is 0.224. The van der Waals surface area contributed by atoms with E-state index in [2.05, 4.69) is 82.5 Å². The molecule has 0 fully saturated rings. The van der Waals surface area contributed by atoms with E-state index in [0.717, 1.165) is 73.0 Å². The van der Waals surface area contributed by atoms with Gasteiger partial charge in [-0.15, -0.1) is 0 Å². The number of hydrogen-bond donors (Lipinski definition) is 2. The average Bonchev–Trinajstić information content (AvgIpc) is 3.67. The number of aromatic amines is 2. The largest absolute Gasteiger partial charge is 0.454 e. The molecule has 3 aromatic carbocycles. The van der Waals surface area contributed by atoms with E-state index >= 15 is 0 Å². The van der Waals surface area contributed by atoms with Gasteiger partial charge in [0.2, 0.25) is 6.79 Å². The summed E-state index contributed by atoms with van der Waals surface area (Å²) in [7, 11) is 0. The van der Waals surface area contributed by atoms with Crippen molar-refractivity contribution in [2.24, 2.45) is 0 Å². The van der Waals surface area contributed by atoms with Gasteiger partial charge < -0.3 is 19.4 Å². The van der Waals surface area contributed by atoms with Gasteiger partial charge in [-0.25, -0.2) is 4.98 Å². The third-order valence-corrected chi connectivity index (χ3v) is 6.93. The molecular weight excluding hydrogens is 460 g/mol. The lowest BCUT2D eigenvalue weighted by molar-refractivity contribution is 0.174. The Bertz CT molecular complexity index is 1490. The molecular formula is C31H32N4O2. The maximum atomic E-state index is 5.65. The number of aromatic nitrogens is 3. The van der Waals surface area contributed by atoms with Crippen LogP contribution in [0.1, 0.15) is 42.3 Å². The summed E-state index contributed by atoms with van der Waals surface area (Å²) in [4.78, 5) is 14.5. The number of fused-ring (bicyclic) bond motifs is 2. The van der Waals surface area contributed by atoms with Crippen molar-refractivity contribution in [3.05, 3.63) is 102 Å². The van der Waals surface area contributed by atoms with E-state index in [0.29, 0.717) is 0 Å². The third kappa shape index (κ3) is 5.25. The van der Waals surface area contributed by atoms with Crippen molar-refractivity contribution < 1.29 is 9.47 Å². The summed E-state index contributed by atoms with van der Waals surface area (Å²) in [5, 5.41) is 1.23. The normalized spacial score (nSPS) is 12.6. The van der Waals surface area contributed by atoms with Gasteiger partial charge >= 0.3 is 0 Å². The van der Waals surface area contributed by atoms with Crippen molar-refractivity contribution in [3.63, 3.8) is 0 Å². The van der Waals surface area contributed by atoms with Crippen molar-refractivity contribution in [1.29, 1.82) is 0 Å². The Morgan fingerprint density at radius 3 is 2.54 bits per heavy atom. The van der Waals surface area contributed by atoms with Crippen molar-refractivity contribution in [1.82, 2.24) is 19.9 Å². The first kappa shape index (κ1) is 23.4. The zero-order valence-corrected chi connectivity index (χ0v) is 21.2. The van der Waals surface area contributed by atoms with Gasteiger partial charge in [-0.2, -0.15) is 0 Å². The van der Waals surface area contributed by atoms with Gasteiger partial charge in [-0.05, 0) is 59.7 Å². The van der Waals surface area contributed by atoms with Gasteiger partial charge in [0.15, 0.2) is 11.5 Å². The molecule has 0 bridgehead atoms. The number of hydrogen-bond acceptors (Lipinski definition) is 4. The number of benzene rings is 3. The SMILES string of the molecule is CCCCc1nc(-c2ccccc2)[nH]c1CN(Cc1ccc2c(c1)OCO2)Cc1ccc2[nH]ccc2c1. The second-order valence-corrected chi connectivity index (χ2v) is 9.71. The first-order valence-corrected chi connectivity index (χ1v) is 13.1. The van der Waals surface area contributed by atoms with Crippen molar-refractivity contribution >= 4 is 10.9 Å². The molecule has 0 spiro atoms. The molecule has 1 aliphatic heterocycles. The van der Waals surface area contributed by atoms with E-state index in [1.165, 1.54) is 22.2 Å². The number of aryl methyl sites for hydroxylation is 1. The topological polar surface area (TPSA) is 66.2 Å². The molecule has 6 nitrogen and oxygen atoms in total. The van der Waals surface area contributed by atoms with Crippen molar-refractivity contribution in [2.75, 3.05) is 6.79 Å². The van der Waals surface area contributed by atoms with Crippen molar-refractivity contribution in [3.8, 4) is 22.9 Å². The number of unbranched alkanes of at least 4 members (excludes halogenated alkanes) is 1. The molecule has 6 rings (SSSR count). The highest BCUT2D eigenvalue weighted by Gasteiger charge is 2.18. The predicted molar refractivity (Wildman–Crippen MR) is 146 cm³/mol. The summed E-state index contributed by atoms with van der Waals surface area (Å²) >= 11 is 0. The fourth-order valence-corrected chi connectivity index (χ4v) is 5.01. The number of H-pyrrole nitrogens is 2. The Balaban J connectivity index is 1.31. The van der Waals surface area contributed by atoms with E-state index in [1.54, 1.807) is 0 Å². The lowest BCUT2D eigenvalue weighted by Crippen LogP contribution is -2.23. The predicted octanol–water partition coefficient (Wildman–Crippen LogP) is 6.83. The monoisotopic (exact) mass is 492 g/mol. The Kier molecular flexibility index (Phi) is 6.65. The number of nitrogens with zero attached hydrogens (tertiary/aromatic N) is 2. The van der Waals surface area contributed by atoms with Gasteiger partial charge in [0, 0.05) is 36.9 Å². The first-order chi connectivity index (χ1) is 18.2. The zero-order valence-electron chi connectivity index (χ0n) is 21.2. The minimum Gasteiger partial charge on any atom is -0.454 e. The summed E-state index contributed by atoms with van der Waals surface area (Å²) in [5.74, 6) is 2.58. The lowest BCUT2D eigenvalue weighted by Gasteiger charge is -2.23. The van der Waals surface area contributed by atoms with Crippen LogP contribution >= 0.6 is 0 Å². The van der Waals surface area contributed by atoms with E-state index in [9.17, 15) is 0 Å². The summed E-state index contributed by atoms with van der Waals surface area (Å²) in [6, 6.07) is 25.4. The number of imidazole rings is 1. The van der Waals surface area contributed by atoms with Gasteiger partial charge in [0.1, 0.15) is 5.82 Å². The van der Waals surface area contributed by atoms with Crippen LogP contribution in [-0.2, 0) is 26.1 Å². The van der Waals surface area contributed by atoms with E-state index in [1.807, 2.05) is 18.3 Å². The van der Waals surface area contributed by atoms with Gasteiger partial charge in [-0.1, -0.05) is 55.8 Å². The molecule has 3 heterocycles. The summed E-state index contributed by atoms with van der Waals surface area (Å²) in [6.07, 6.45) is 5.24. The molecule has 0 amide bonds. The Labute approximate surface area is 217 Å². The molecule has 188 valence electrons. The van der Waals surface area contributed by atoms with E-state index in [-0.39, 0.29) is 6.79 Å². The maximum absolute atomic E-state index is 5.65. The second kappa shape index (κ2) is 10.5. The Morgan fingerprint density at radius 2 is 1.68 bits per heavy atom. The second-order valence-electron chi connectivity index (χ2n) is 9.71. The van der Waals surface area contributed by atoms with Crippen LogP contribution in [0.25, 0.3) is 22.3 Å². The third-order valence-electron chi connectivity index (χ3n) is 6.93. The summed E-state index contributed by atoms with van der Waals surface area (Å²) in [5.41, 5.74) is 7.12. The fourth-order valence-electron chi connectivity index (χ4n) is 5.01. The lowest BCUT2D eigenvalue weighted by atomic mass is 10.1. The molecule has 0 saturated carbocycles. The van der Waals surface area contributed by atoms with Crippen LogP contribution in [0.5, 0.6) is 11.5 Å². The molecule has 0 saturated heterocycles. The highest BCUT2D eigenvalue weighted by Crippen LogP contribution is 2.33. The number of nitrogens with one attached hydrogen (secondary N) is 2. The molecule has 6 heteroatoms. The van der Waals surface area contributed by atoms with Crippen LogP contribution in [0.4, 0.5) is 0 Å². The Morgan fingerprint density at radius 1 is 0.865 bits per heavy atom. The van der Waals surface area contributed by atoms with Gasteiger partial charge in [-0.3, -0.25) is 4.90 Å². The van der Waals surface area contributed by atoms with Crippen LogP contribution in [0, 0.1) is 0 Å². The highest BCUT2D eigenvalue weighted by molar-refractivity contribution is 5.79. The highest BCUT2D eigenvalue weighted by atomic mass is 16.7. The molecule has 0 atom stereocenters. The summed E-state index contributed by atoms with van der Waals surface area (Å²) in [6.45, 7) is 4.90. The number of ether oxygens (including phenoxy) is 2. The van der Waals surface area contributed by atoms with Crippen molar-refractivity contribution in [2.45, 2.75) is 45.8 Å². The molecule has 1 aliphatic rings. The van der Waals surface area contributed by atoms with Gasteiger partial charge in [0.05, 0.1) is 11.4 Å². The minimum atomic E-state index is 0.288. The van der Waals surface area contributed by atoms with Crippen LogP contribution in [-0.4, -0.2) is 26.6 Å². The molecule has 37 heavy (non-hydrogen) atoms. The summed E-state index contributed by atoms with van der Waals surface area (Å²) < 4.78 is 11.2. The van der Waals surface area contributed by atoms with E-state index < -0.39 is 0 Å². The molecule has 5 aromatic rings. The van der Waals surface area contributed by atoms with Crippen LogP contribution in [0.2, 0.25) is 0 Å². The van der Waals surface area contributed by atoms with Gasteiger partial charge in [0.25, 0.3) is 0 Å². The number of rotatable bonds is 10. The van der Waals surface area contributed by atoms with Crippen LogP contribution in [0.3, 0.4) is 0 Å². The standard InChI is InChI=1S/C31H32N4O2/c1-2-3-9-27-28(34-31(33-27)24-7-5-4-6-8-24)20-35(18-22-10-12-26-25(16-22)14-15-32-26)19-23-11-13-29-30(17-23)37-21-36-29/h4-8,10-17,32H,2-3,9,18-21H2,1H3,(H,33,34). The molecule has 0 aliphatic carbocycles. The molecule has 2 aromatic heterocycles. The Hall–Kier alpha value is -4.03. The molecule has 0 unspecified atom stereocenters. The smallest absolute Gasteiger partial charge is 0.231 e. The zero-order chi connectivity index (χ0) is 25.0. The van der Waals surface area contributed by atoms with Crippen LogP contribution < -0.4 is 9.47 Å². The fraction of sp³-hybridized carbons (Fsp3) is 0.258. The first-order valence-electron chi connectivity index (χ1n) is 13.1. The van der Waals surface area contributed by atoms with Crippen LogP contribution in [0.15, 0.2) is 79.0 Å². The molecule has 2 N–H and O–H groups in total.